The minimum absolute atomic E-state index is 0.00865. The Labute approximate surface area is 218 Å². The van der Waals surface area contributed by atoms with Crippen molar-refractivity contribution < 1.29 is 28.5 Å². The van der Waals surface area contributed by atoms with Crippen molar-refractivity contribution in [1.29, 1.82) is 0 Å². The van der Waals surface area contributed by atoms with Crippen LogP contribution in [-0.2, 0) is 24.3 Å². The number of aliphatic hydroxyl groups is 1. The summed E-state index contributed by atoms with van der Waals surface area (Å²) in [6.45, 7) is 3.11. The SMILES string of the molecule is CCOC(=O)c1c(OCc2ccccc2)c2ncc(Cc3ccc(F)cc3)c3c2n(c1=O)C[C@](C)(CO)O3. The van der Waals surface area contributed by atoms with Gasteiger partial charge in [0.1, 0.15) is 29.1 Å². The quantitative estimate of drug-likeness (QED) is 0.352. The molecule has 1 atom stereocenters. The molecule has 1 N–H and O–H groups in total. The summed E-state index contributed by atoms with van der Waals surface area (Å²) in [6, 6.07) is 15.4. The van der Waals surface area contributed by atoms with E-state index in [1.54, 1.807) is 32.2 Å². The number of carbonyl (C=O) groups excluding carboxylic acids is 1. The second kappa shape index (κ2) is 10.3. The molecule has 196 valence electrons. The van der Waals surface area contributed by atoms with Crippen molar-refractivity contribution in [2.45, 2.75) is 39.0 Å². The lowest BCUT2D eigenvalue weighted by molar-refractivity contribution is 0.00338. The van der Waals surface area contributed by atoms with Crippen LogP contribution in [-0.4, -0.2) is 39.4 Å². The van der Waals surface area contributed by atoms with Gasteiger partial charge in [-0.1, -0.05) is 42.5 Å². The summed E-state index contributed by atoms with van der Waals surface area (Å²) in [7, 11) is 0. The van der Waals surface area contributed by atoms with Crippen LogP contribution in [0.5, 0.6) is 11.5 Å². The average molecular weight is 519 g/mol. The number of rotatable bonds is 8. The van der Waals surface area contributed by atoms with E-state index < -0.39 is 17.1 Å². The zero-order valence-electron chi connectivity index (χ0n) is 21.1. The number of ether oxygens (including phenoxy) is 3. The fourth-order valence-electron chi connectivity index (χ4n) is 4.55. The first-order valence-corrected chi connectivity index (χ1v) is 12.3. The van der Waals surface area contributed by atoms with Gasteiger partial charge in [0.2, 0.25) is 0 Å². The summed E-state index contributed by atoms with van der Waals surface area (Å²) >= 11 is 0. The summed E-state index contributed by atoms with van der Waals surface area (Å²) < 4.78 is 32.5. The minimum Gasteiger partial charge on any atom is -0.485 e. The Morgan fingerprint density at radius 3 is 2.58 bits per heavy atom. The maximum Gasteiger partial charge on any atom is 0.347 e. The predicted molar refractivity (Wildman–Crippen MR) is 138 cm³/mol. The van der Waals surface area contributed by atoms with Crippen molar-refractivity contribution in [2.24, 2.45) is 0 Å². The van der Waals surface area contributed by atoms with Crippen LogP contribution < -0.4 is 15.0 Å². The smallest absolute Gasteiger partial charge is 0.347 e. The number of carbonyl (C=O) groups is 1. The number of aromatic nitrogens is 2. The Kier molecular flexibility index (Phi) is 6.86. The van der Waals surface area contributed by atoms with Gasteiger partial charge < -0.3 is 19.3 Å². The van der Waals surface area contributed by atoms with Crippen LogP contribution in [0.15, 0.2) is 65.6 Å². The van der Waals surface area contributed by atoms with Crippen molar-refractivity contribution in [3.8, 4) is 11.5 Å². The van der Waals surface area contributed by atoms with E-state index in [0.29, 0.717) is 23.3 Å². The van der Waals surface area contributed by atoms with Gasteiger partial charge in [-0.05, 0) is 37.1 Å². The molecule has 2 aromatic heterocycles. The number of benzene rings is 2. The first kappa shape index (κ1) is 25.4. The molecule has 0 bridgehead atoms. The lowest BCUT2D eigenvalue weighted by Crippen LogP contribution is -2.47. The molecule has 38 heavy (non-hydrogen) atoms. The minimum atomic E-state index is -1.14. The van der Waals surface area contributed by atoms with Gasteiger partial charge in [0, 0.05) is 18.2 Å². The summed E-state index contributed by atoms with van der Waals surface area (Å²) in [5, 5.41) is 10.1. The second-order valence-corrected chi connectivity index (χ2v) is 9.41. The summed E-state index contributed by atoms with van der Waals surface area (Å²) in [5.41, 5.74) is 0.880. The van der Waals surface area contributed by atoms with E-state index >= 15 is 0 Å². The van der Waals surface area contributed by atoms with E-state index in [1.807, 2.05) is 30.3 Å². The van der Waals surface area contributed by atoms with Crippen molar-refractivity contribution in [3.05, 3.63) is 99.2 Å². The molecule has 5 rings (SSSR count). The van der Waals surface area contributed by atoms with Gasteiger partial charge in [-0.15, -0.1) is 0 Å². The Bertz CT molecular complexity index is 1550. The molecule has 8 nitrogen and oxygen atoms in total. The molecule has 0 amide bonds. The lowest BCUT2D eigenvalue weighted by atomic mass is 10.00. The van der Waals surface area contributed by atoms with E-state index in [9.17, 15) is 19.1 Å². The maximum absolute atomic E-state index is 13.8. The molecule has 0 saturated carbocycles. The number of pyridine rings is 2. The Balaban J connectivity index is 1.73. The van der Waals surface area contributed by atoms with Gasteiger partial charge in [-0.25, -0.2) is 9.18 Å². The first-order valence-electron chi connectivity index (χ1n) is 12.3. The molecular formula is C29H27FN2O6. The highest BCUT2D eigenvalue weighted by Crippen LogP contribution is 2.40. The summed E-state index contributed by atoms with van der Waals surface area (Å²) in [5.74, 6) is -0.813. The fourth-order valence-corrected chi connectivity index (χ4v) is 4.55. The first-order chi connectivity index (χ1) is 18.3. The highest BCUT2D eigenvalue weighted by Gasteiger charge is 2.38. The van der Waals surface area contributed by atoms with Gasteiger partial charge in [0.25, 0.3) is 5.56 Å². The molecule has 0 unspecified atom stereocenters. The highest BCUT2D eigenvalue weighted by atomic mass is 19.1. The summed E-state index contributed by atoms with van der Waals surface area (Å²) in [4.78, 5) is 31.5. The molecule has 0 spiro atoms. The van der Waals surface area contributed by atoms with Gasteiger partial charge in [-0.2, -0.15) is 0 Å². The van der Waals surface area contributed by atoms with Gasteiger partial charge >= 0.3 is 5.97 Å². The van der Waals surface area contributed by atoms with Crippen LogP contribution in [0.2, 0.25) is 0 Å². The molecule has 9 heteroatoms. The van der Waals surface area contributed by atoms with Gasteiger partial charge in [0.15, 0.2) is 17.1 Å². The molecule has 1 aliphatic rings. The van der Waals surface area contributed by atoms with Crippen molar-refractivity contribution in [2.75, 3.05) is 13.2 Å². The maximum atomic E-state index is 13.8. The van der Waals surface area contributed by atoms with Crippen LogP contribution in [0.1, 0.15) is 40.9 Å². The van der Waals surface area contributed by atoms with Gasteiger partial charge in [0.05, 0.1) is 19.8 Å². The number of esters is 1. The van der Waals surface area contributed by atoms with E-state index in [0.717, 1.165) is 11.1 Å². The zero-order valence-corrected chi connectivity index (χ0v) is 21.1. The monoisotopic (exact) mass is 518 g/mol. The normalized spacial score (nSPS) is 16.2. The Morgan fingerprint density at radius 2 is 1.89 bits per heavy atom. The summed E-state index contributed by atoms with van der Waals surface area (Å²) in [6.07, 6.45) is 1.93. The van der Waals surface area contributed by atoms with E-state index in [2.05, 4.69) is 4.98 Å². The van der Waals surface area contributed by atoms with Crippen LogP contribution in [0, 0.1) is 5.82 Å². The highest BCUT2D eigenvalue weighted by molar-refractivity contribution is 6.00. The van der Waals surface area contributed by atoms with Crippen molar-refractivity contribution in [1.82, 2.24) is 9.55 Å². The van der Waals surface area contributed by atoms with E-state index in [-0.39, 0.29) is 49.0 Å². The molecule has 1 aliphatic heterocycles. The number of aliphatic hydroxyl groups excluding tert-OH is 1. The number of hydrogen-bond acceptors (Lipinski definition) is 7. The van der Waals surface area contributed by atoms with Crippen LogP contribution in [0.3, 0.4) is 0 Å². The number of nitrogens with zero attached hydrogens (tertiary/aromatic N) is 2. The molecule has 3 heterocycles. The van der Waals surface area contributed by atoms with Crippen LogP contribution in [0.25, 0.3) is 11.0 Å². The molecule has 0 aliphatic carbocycles. The van der Waals surface area contributed by atoms with Crippen molar-refractivity contribution in [3.63, 3.8) is 0 Å². The topological polar surface area (TPSA) is 99.9 Å². The van der Waals surface area contributed by atoms with E-state index in [1.165, 1.54) is 16.7 Å². The standard InChI is InChI=1S/C29H27FN2O6/c1-3-36-28(35)22-26(37-15-19-7-5-4-6-8-19)23-24-25(38-29(2,17-33)16-32(24)27(22)34)20(14-31-23)13-18-9-11-21(30)12-10-18/h4-12,14,33H,3,13,15-17H2,1-2H3/t29-/m1/s1. The van der Waals surface area contributed by atoms with Crippen LogP contribution in [0.4, 0.5) is 4.39 Å². The van der Waals surface area contributed by atoms with Crippen LogP contribution >= 0.6 is 0 Å². The molecule has 0 saturated heterocycles. The molecule has 0 fully saturated rings. The molecule has 4 aromatic rings. The Morgan fingerprint density at radius 1 is 1.16 bits per heavy atom. The predicted octanol–water partition coefficient (Wildman–Crippen LogP) is 4.03. The number of halogens is 1. The van der Waals surface area contributed by atoms with Gasteiger partial charge in [-0.3, -0.25) is 14.3 Å². The third-order valence-corrected chi connectivity index (χ3v) is 6.44. The third kappa shape index (κ3) is 4.72. The average Bonchev–Trinajstić information content (AvgIpc) is 2.92. The second-order valence-electron chi connectivity index (χ2n) is 9.41. The van der Waals surface area contributed by atoms with Crippen molar-refractivity contribution >= 4 is 17.0 Å². The Hall–Kier alpha value is -4.24. The fraction of sp³-hybridized carbons (Fsp3) is 0.276. The molecule has 0 radical (unpaired) electrons. The van der Waals surface area contributed by atoms with E-state index in [4.69, 9.17) is 14.2 Å². The third-order valence-electron chi connectivity index (χ3n) is 6.44. The lowest BCUT2D eigenvalue weighted by Gasteiger charge is -2.36. The largest absolute Gasteiger partial charge is 0.485 e. The molecular weight excluding hydrogens is 491 g/mol. The molecule has 2 aromatic carbocycles. The number of hydrogen-bond donors (Lipinski definition) is 1. The zero-order chi connectivity index (χ0) is 26.9.